The quantitative estimate of drug-likeness (QED) is 0.860. The second-order valence-electron chi connectivity index (χ2n) is 7.67. The molecule has 2 aliphatic heterocycles. The first kappa shape index (κ1) is 18.5. The first-order valence-corrected chi connectivity index (χ1v) is 9.03. The maximum absolute atomic E-state index is 12.7. The molecule has 1 aromatic carbocycles. The van der Waals surface area contributed by atoms with Gasteiger partial charge in [-0.1, -0.05) is 39.0 Å². The van der Waals surface area contributed by atoms with Crippen molar-refractivity contribution in [2.75, 3.05) is 40.0 Å². The summed E-state index contributed by atoms with van der Waals surface area (Å²) in [5.41, 5.74) is 4.13. The van der Waals surface area contributed by atoms with E-state index in [0.29, 0.717) is 38.7 Å². The third-order valence-electron chi connectivity index (χ3n) is 4.64. The number of hydrogen-bond donors (Lipinski definition) is 1. The summed E-state index contributed by atoms with van der Waals surface area (Å²) in [6.07, 6.45) is -0.0361. The molecule has 1 saturated heterocycles. The smallest absolute Gasteiger partial charge is 0.291 e. The summed E-state index contributed by atoms with van der Waals surface area (Å²) >= 11 is 0. The molecule has 0 bridgehead atoms. The Bertz CT molecular complexity index is 684. The van der Waals surface area contributed by atoms with Gasteiger partial charge >= 0.3 is 0 Å². The van der Waals surface area contributed by atoms with Crippen molar-refractivity contribution in [3.8, 4) is 5.75 Å². The number of nitrogens with one attached hydrogen (secondary N) is 1. The van der Waals surface area contributed by atoms with E-state index in [4.69, 9.17) is 9.47 Å². The number of morpholine rings is 1. The molecule has 1 atom stereocenters. The van der Waals surface area contributed by atoms with Crippen LogP contribution >= 0.6 is 0 Å². The number of amides is 1. The molecule has 0 radical (unpaired) electrons. The summed E-state index contributed by atoms with van der Waals surface area (Å²) in [6, 6.07) is 8.05. The van der Waals surface area contributed by atoms with Crippen LogP contribution < -0.4 is 10.2 Å². The fourth-order valence-electron chi connectivity index (χ4n) is 3.11. The van der Waals surface area contributed by atoms with Crippen LogP contribution in [0.15, 0.2) is 29.4 Å². The number of para-hydroxylation sites is 1. The molecule has 142 valence electrons. The molecule has 7 nitrogen and oxygen atoms in total. The van der Waals surface area contributed by atoms with Gasteiger partial charge in [-0.25, -0.2) is 0 Å². The number of ether oxygens (including phenoxy) is 2. The Morgan fingerprint density at radius 3 is 2.96 bits per heavy atom. The summed E-state index contributed by atoms with van der Waals surface area (Å²) in [4.78, 5) is 16.3. The molecule has 1 fully saturated rings. The largest absolute Gasteiger partial charge is 0.491 e. The maximum atomic E-state index is 12.7. The molecule has 0 spiro atoms. The number of carbonyl (C=O) groups excluding carboxylic acids is 1. The van der Waals surface area contributed by atoms with Crippen LogP contribution in [0.25, 0.3) is 0 Å². The Kier molecular flexibility index (Phi) is 5.36. The molecule has 2 heterocycles. The lowest BCUT2D eigenvalue weighted by Gasteiger charge is -2.31. The minimum absolute atomic E-state index is 0.00785. The summed E-state index contributed by atoms with van der Waals surface area (Å²) < 4.78 is 11.4. The van der Waals surface area contributed by atoms with E-state index >= 15 is 0 Å². The van der Waals surface area contributed by atoms with Gasteiger partial charge < -0.3 is 19.3 Å². The van der Waals surface area contributed by atoms with Crippen LogP contribution in [0.2, 0.25) is 0 Å². The highest BCUT2D eigenvalue weighted by Gasteiger charge is 2.35. The summed E-state index contributed by atoms with van der Waals surface area (Å²) in [5, 5.41) is 4.19. The lowest BCUT2D eigenvalue weighted by molar-refractivity contribution is -0.124. The van der Waals surface area contributed by atoms with Gasteiger partial charge in [0.05, 0.1) is 19.8 Å². The fraction of sp³-hybridized carbons (Fsp3) is 0.579. The Labute approximate surface area is 154 Å². The first-order valence-electron chi connectivity index (χ1n) is 9.03. The van der Waals surface area contributed by atoms with Gasteiger partial charge in [-0.05, 0) is 17.0 Å². The number of likely N-dealkylation sites (N-methyl/N-ethyl adjacent to an activating group) is 1. The number of benzene rings is 1. The lowest BCUT2D eigenvalue weighted by atomic mass is 9.86. The van der Waals surface area contributed by atoms with E-state index in [1.54, 1.807) is 11.9 Å². The molecule has 7 heteroatoms. The molecule has 0 aliphatic carbocycles. The highest BCUT2D eigenvalue weighted by Crippen LogP contribution is 2.30. The van der Waals surface area contributed by atoms with Gasteiger partial charge in [-0.3, -0.25) is 10.2 Å². The summed E-state index contributed by atoms with van der Waals surface area (Å²) in [6.45, 7) is 9.23. The standard InChI is InChI=1S/C19H28N4O3/c1-19(2,3)14-7-5-6-8-15(14)26-12-9-22(4)18(24)17-21-20-16-13-25-11-10-23(16)17/h5-8,16,20H,9-13H2,1-4H3. The van der Waals surface area contributed by atoms with Gasteiger partial charge in [-0.2, -0.15) is 5.10 Å². The number of rotatable bonds is 5. The Morgan fingerprint density at radius 2 is 2.19 bits per heavy atom. The van der Waals surface area contributed by atoms with Crippen LogP contribution in [-0.4, -0.2) is 67.7 Å². The van der Waals surface area contributed by atoms with E-state index in [2.05, 4.69) is 37.4 Å². The van der Waals surface area contributed by atoms with Crippen molar-refractivity contribution in [2.24, 2.45) is 5.10 Å². The molecule has 26 heavy (non-hydrogen) atoms. The monoisotopic (exact) mass is 360 g/mol. The van der Waals surface area contributed by atoms with Crippen LogP contribution in [-0.2, 0) is 14.9 Å². The molecular weight excluding hydrogens is 332 g/mol. The number of amidine groups is 1. The van der Waals surface area contributed by atoms with Crippen LogP contribution in [0, 0.1) is 0 Å². The van der Waals surface area contributed by atoms with Gasteiger partial charge in [0.2, 0.25) is 5.84 Å². The third-order valence-corrected chi connectivity index (χ3v) is 4.64. The van der Waals surface area contributed by atoms with E-state index in [1.807, 2.05) is 23.1 Å². The number of carbonyl (C=O) groups is 1. The van der Waals surface area contributed by atoms with E-state index in [1.165, 1.54) is 0 Å². The van der Waals surface area contributed by atoms with Gasteiger partial charge in [-0.15, -0.1) is 0 Å². The molecular formula is C19H28N4O3. The number of nitrogens with zero attached hydrogens (tertiary/aromatic N) is 3. The number of fused-ring (bicyclic) bond motifs is 1. The van der Waals surface area contributed by atoms with Crippen molar-refractivity contribution in [1.82, 2.24) is 15.2 Å². The minimum atomic E-state index is -0.102. The highest BCUT2D eigenvalue weighted by molar-refractivity contribution is 6.38. The minimum Gasteiger partial charge on any atom is -0.491 e. The van der Waals surface area contributed by atoms with Crippen molar-refractivity contribution in [2.45, 2.75) is 32.4 Å². The van der Waals surface area contributed by atoms with Crippen LogP contribution in [0.1, 0.15) is 26.3 Å². The zero-order chi connectivity index (χ0) is 18.7. The van der Waals surface area contributed by atoms with Crippen molar-refractivity contribution < 1.29 is 14.3 Å². The van der Waals surface area contributed by atoms with E-state index in [0.717, 1.165) is 11.3 Å². The third kappa shape index (κ3) is 3.93. The molecule has 3 rings (SSSR count). The van der Waals surface area contributed by atoms with Gasteiger partial charge in [0.25, 0.3) is 5.91 Å². The summed E-state index contributed by atoms with van der Waals surface area (Å²) in [7, 11) is 1.78. The zero-order valence-electron chi connectivity index (χ0n) is 16.0. The Morgan fingerprint density at radius 1 is 1.42 bits per heavy atom. The average molecular weight is 360 g/mol. The second-order valence-corrected chi connectivity index (χ2v) is 7.67. The normalized spacial score (nSPS) is 19.5. The summed E-state index contributed by atoms with van der Waals surface area (Å²) in [5.74, 6) is 1.22. The topological polar surface area (TPSA) is 66.4 Å². The molecule has 1 aromatic rings. The average Bonchev–Trinajstić information content (AvgIpc) is 3.04. The number of hydrazone groups is 1. The molecule has 1 unspecified atom stereocenters. The molecule has 0 aromatic heterocycles. The second kappa shape index (κ2) is 7.53. The van der Waals surface area contributed by atoms with Crippen molar-refractivity contribution >= 4 is 11.7 Å². The Hall–Kier alpha value is -2.28. The SMILES string of the molecule is CN(CCOc1ccccc1C(C)(C)C)C(=O)C1=NNC2COCCN12. The molecule has 1 amide bonds. The van der Waals surface area contributed by atoms with E-state index < -0.39 is 0 Å². The number of hydrogen-bond acceptors (Lipinski definition) is 6. The predicted molar refractivity (Wildman–Crippen MR) is 100 cm³/mol. The van der Waals surface area contributed by atoms with Crippen molar-refractivity contribution in [3.05, 3.63) is 29.8 Å². The van der Waals surface area contributed by atoms with Gasteiger partial charge in [0.15, 0.2) is 0 Å². The van der Waals surface area contributed by atoms with Crippen LogP contribution in [0.4, 0.5) is 0 Å². The van der Waals surface area contributed by atoms with Crippen LogP contribution in [0.5, 0.6) is 5.75 Å². The fourth-order valence-corrected chi connectivity index (χ4v) is 3.11. The van der Waals surface area contributed by atoms with Crippen molar-refractivity contribution in [1.29, 1.82) is 0 Å². The maximum Gasteiger partial charge on any atom is 0.291 e. The van der Waals surface area contributed by atoms with Gasteiger partial charge in [0, 0.05) is 13.6 Å². The molecule has 2 aliphatic rings. The van der Waals surface area contributed by atoms with Gasteiger partial charge in [0.1, 0.15) is 18.5 Å². The van der Waals surface area contributed by atoms with Crippen LogP contribution in [0.3, 0.4) is 0 Å². The lowest BCUT2D eigenvalue weighted by Crippen LogP contribution is -2.52. The van der Waals surface area contributed by atoms with E-state index in [-0.39, 0.29) is 17.5 Å². The molecule has 0 saturated carbocycles. The van der Waals surface area contributed by atoms with E-state index in [9.17, 15) is 4.79 Å². The molecule has 1 N–H and O–H groups in total. The predicted octanol–water partition coefficient (Wildman–Crippen LogP) is 1.40. The first-order chi connectivity index (χ1) is 12.4. The highest BCUT2D eigenvalue weighted by atomic mass is 16.5. The Balaban J connectivity index is 1.55. The van der Waals surface area contributed by atoms with Crippen molar-refractivity contribution in [3.63, 3.8) is 0 Å². The zero-order valence-corrected chi connectivity index (χ0v) is 16.0.